The van der Waals surface area contributed by atoms with E-state index in [4.69, 9.17) is 10.5 Å². The van der Waals surface area contributed by atoms with Gasteiger partial charge in [0.15, 0.2) is 0 Å². The first kappa shape index (κ1) is 7.36. The van der Waals surface area contributed by atoms with Crippen molar-refractivity contribution in [1.29, 1.82) is 10.5 Å². The molecule has 2 nitrogen and oxygen atoms in total. The molecule has 0 radical (unpaired) electrons. The standard InChI is InChI=1S/C7H4N2Te/c8-4-6(5-9)7-2-1-3-10-7/h1-3,6H. The molecular formula is C7H4N2Te. The first-order valence-electron chi connectivity index (χ1n) is 2.71. The van der Waals surface area contributed by atoms with Crippen molar-refractivity contribution in [2.24, 2.45) is 0 Å². The second-order valence-electron chi connectivity index (χ2n) is 1.71. The molecule has 1 heterocycles. The number of hydrogen-bond donors (Lipinski definition) is 0. The van der Waals surface area contributed by atoms with Gasteiger partial charge in [-0.2, -0.15) is 0 Å². The summed E-state index contributed by atoms with van der Waals surface area (Å²) in [5.41, 5.74) is 0. The monoisotopic (exact) mass is 246 g/mol. The molecule has 48 valence electrons. The molecule has 0 aliphatic rings. The Morgan fingerprint density at radius 2 is 2.10 bits per heavy atom. The van der Waals surface area contributed by atoms with Gasteiger partial charge in [0.05, 0.1) is 0 Å². The quantitative estimate of drug-likeness (QED) is 0.688. The molecule has 0 N–H and O–H groups in total. The number of hydrogen-bond acceptors (Lipinski definition) is 2. The molecule has 0 bridgehead atoms. The number of rotatable bonds is 1. The van der Waals surface area contributed by atoms with Gasteiger partial charge >= 0.3 is 68.8 Å². The van der Waals surface area contributed by atoms with Crippen molar-refractivity contribution in [2.45, 2.75) is 5.92 Å². The van der Waals surface area contributed by atoms with Crippen LogP contribution in [0.2, 0.25) is 0 Å². The molecule has 0 saturated heterocycles. The van der Waals surface area contributed by atoms with E-state index in [9.17, 15) is 0 Å². The maximum atomic E-state index is 8.47. The summed E-state index contributed by atoms with van der Waals surface area (Å²) in [6.45, 7) is 0. The van der Waals surface area contributed by atoms with Gasteiger partial charge in [-0.3, -0.25) is 0 Å². The normalized spacial score (nSPS) is 8.70. The summed E-state index contributed by atoms with van der Waals surface area (Å²) in [7, 11) is 0. The fourth-order valence-electron chi connectivity index (χ4n) is 0.612. The Morgan fingerprint density at radius 1 is 1.40 bits per heavy atom. The van der Waals surface area contributed by atoms with Crippen molar-refractivity contribution in [3.8, 4) is 12.1 Å². The summed E-state index contributed by atoms with van der Waals surface area (Å²) >= 11 is -0.304. The minimum atomic E-state index is -0.489. The van der Waals surface area contributed by atoms with E-state index in [1.54, 1.807) is 0 Å². The fourth-order valence-corrected chi connectivity index (χ4v) is 2.65. The summed E-state index contributed by atoms with van der Waals surface area (Å²) in [5.74, 6) is -0.489. The molecule has 0 saturated carbocycles. The zero-order valence-corrected chi connectivity index (χ0v) is 7.44. The van der Waals surface area contributed by atoms with Crippen LogP contribution < -0.4 is 0 Å². The zero-order chi connectivity index (χ0) is 7.40. The van der Waals surface area contributed by atoms with Gasteiger partial charge in [-0.15, -0.1) is 0 Å². The number of nitriles is 2. The van der Waals surface area contributed by atoms with Crippen LogP contribution in [0.5, 0.6) is 0 Å². The maximum absolute atomic E-state index is 8.47. The van der Waals surface area contributed by atoms with Crippen LogP contribution in [0.1, 0.15) is 9.50 Å². The van der Waals surface area contributed by atoms with Gasteiger partial charge in [-0.05, 0) is 0 Å². The first-order valence-corrected chi connectivity index (χ1v) is 5.22. The molecule has 0 atom stereocenters. The third-order valence-electron chi connectivity index (χ3n) is 1.09. The van der Waals surface area contributed by atoms with Gasteiger partial charge in [0, 0.05) is 0 Å². The Bertz CT molecular complexity index is 262. The van der Waals surface area contributed by atoms with Crippen molar-refractivity contribution >= 4 is 20.4 Å². The van der Waals surface area contributed by atoms with Crippen LogP contribution in [-0.2, 0) is 0 Å². The van der Waals surface area contributed by atoms with Crippen LogP contribution in [0.25, 0.3) is 0 Å². The third-order valence-corrected chi connectivity index (χ3v) is 3.76. The molecule has 1 aromatic heterocycles. The van der Waals surface area contributed by atoms with Crippen molar-refractivity contribution in [1.82, 2.24) is 0 Å². The van der Waals surface area contributed by atoms with E-state index in [1.165, 1.54) is 0 Å². The number of nitrogens with zero attached hydrogens (tertiary/aromatic N) is 2. The first-order chi connectivity index (χ1) is 4.88. The molecule has 0 amide bonds. The van der Waals surface area contributed by atoms with Crippen LogP contribution in [0.15, 0.2) is 16.2 Å². The molecule has 3 heteroatoms. The Morgan fingerprint density at radius 3 is 2.50 bits per heavy atom. The van der Waals surface area contributed by atoms with Crippen LogP contribution in [0.4, 0.5) is 0 Å². The van der Waals surface area contributed by atoms with Gasteiger partial charge in [-0.25, -0.2) is 0 Å². The van der Waals surface area contributed by atoms with Crippen LogP contribution in [0.3, 0.4) is 0 Å². The van der Waals surface area contributed by atoms with Crippen molar-refractivity contribution in [2.75, 3.05) is 0 Å². The molecule has 0 aromatic carbocycles. The molecule has 0 unspecified atom stereocenters. The second-order valence-corrected chi connectivity index (χ2v) is 4.50. The van der Waals surface area contributed by atoms with Gasteiger partial charge in [0.2, 0.25) is 0 Å². The van der Waals surface area contributed by atoms with Gasteiger partial charge in [0.25, 0.3) is 0 Å². The van der Waals surface area contributed by atoms with E-state index in [0.717, 1.165) is 3.58 Å². The molecule has 1 rings (SSSR count). The molecule has 0 aliphatic carbocycles. The Kier molecular flexibility index (Phi) is 2.52. The molecule has 1 aromatic rings. The molecular weight excluding hydrogens is 240 g/mol. The van der Waals surface area contributed by atoms with E-state index in [2.05, 4.69) is 4.08 Å². The van der Waals surface area contributed by atoms with Crippen molar-refractivity contribution < 1.29 is 0 Å². The van der Waals surface area contributed by atoms with Gasteiger partial charge in [0.1, 0.15) is 0 Å². The van der Waals surface area contributed by atoms with Crippen molar-refractivity contribution in [3.63, 3.8) is 0 Å². The average molecular weight is 244 g/mol. The summed E-state index contributed by atoms with van der Waals surface area (Å²) in [6, 6.07) is 7.73. The fraction of sp³-hybridized carbons (Fsp3) is 0.143. The van der Waals surface area contributed by atoms with Crippen molar-refractivity contribution in [3.05, 3.63) is 19.8 Å². The summed E-state index contributed by atoms with van der Waals surface area (Å²) in [5, 5.41) is 16.9. The van der Waals surface area contributed by atoms with Crippen LogP contribution in [-0.4, -0.2) is 20.4 Å². The Balaban J connectivity index is 2.89. The summed E-state index contributed by atoms with van der Waals surface area (Å²) < 4.78 is 3.11. The van der Waals surface area contributed by atoms with E-state index in [0.29, 0.717) is 0 Å². The van der Waals surface area contributed by atoms with Gasteiger partial charge in [-0.1, -0.05) is 0 Å². The molecule has 0 fully saturated rings. The molecule has 10 heavy (non-hydrogen) atoms. The van der Waals surface area contributed by atoms with E-state index in [-0.39, 0.29) is 20.4 Å². The zero-order valence-electron chi connectivity index (χ0n) is 5.11. The SMILES string of the molecule is N#CC(C#N)c1ccc[te]1. The van der Waals surface area contributed by atoms with Crippen LogP contribution >= 0.6 is 0 Å². The topological polar surface area (TPSA) is 47.6 Å². The predicted molar refractivity (Wildman–Crippen MR) is 37.3 cm³/mol. The second kappa shape index (κ2) is 3.43. The molecule has 0 aliphatic heterocycles. The Labute approximate surface area is 68.9 Å². The van der Waals surface area contributed by atoms with E-state index in [1.807, 2.05) is 24.3 Å². The van der Waals surface area contributed by atoms with Crippen LogP contribution in [0, 0.1) is 22.7 Å². The van der Waals surface area contributed by atoms with Gasteiger partial charge < -0.3 is 0 Å². The third kappa shape index (κ3) is 1.39. The Hall–Kier alpha value is -0.750. The predicted octanol–water partition coefficient (Wildman–Crippen LogP) is 0.874. The average Bonchev–Trinajstić information content (AvgIpc) is 2.43. The molecule has 0 spiro atoms. The van der Waals surface area contributed by atoms with E-state index >= 15 is 0 Å². The summed E-state index contributed by atoms with van der Waals surface area (Å²) in [4.78, 5) is 0. The summed E-state index contributed by atoms with van der Waals surface area (Å²) in [6.07, 6.45) is 0. The van der Waals surface area contributed by atoms with E-state index < -0.39 is 5.92 Å². The minimum absolute atomic E-state index is 0.304.